The summed E-state index contributed by atoms with van der Waals surface area (Å²) in [6.07, 6.45) is 5.00. The van der Waals surface area contributed by atoms with Crippen molar-refractivity contribution in [2.24, 2.45) is 0 Å². The third-order valence-electron chi connectivity index (χ3n) is 2.48. The maximum Gasteiger partial charge on any atom is 0.184 e. The van der Waals surface area contributed by atoms with Crippen molar-refractivity contribution < 1.29 is 4.39 Å². The highest BCUT2D eigenvalue weighted by Crippen LogP contribution is 2.38. The summed E-state index contributed by atoms with van der Waals surface area (Å²) in [4.78, 5) is 7.95. The van der Waals surface area contributed by atoms with E-state index in [0.29, 0.717) is 17.3 Å². The lowest BCUT2D eigenvalue weighted by atomic mass is 10.2. The van der Waals surface area contributed by atoms with Crippen molar-refractivity contribution >= 4 is 0 Å². The minimum Gasteiger partial charge on any atom is -0.262 e. The molecule has 5 heteroatoms. The molecule has 1 fully saturated rings. The fourth-order valence-corrected chi connectivity index (χ4v) is 1.49. The molecule has 1 aliphatic carbocycles. The minimum absolute atomic E-state index is 0.390. The van der Waals surface area contributed by atoms with E-state index in [9.17, 15) is 4.39 Å². The van der Waals surface area contributed by atoms with Gasteiger partial charge in [0.15, 0.2) is 11.6 Å². The summed E-state index contributed by atoms with van der Waals surface area (Å²) in [7, 11) is 0. The highest BCUT2D eigenvalue weighted by atomic mass is 19.1. The molecule has 0 aromatic carbocycles. The van der Waals surface area contributed by atoms with Gasteiger partial charge in [-0.15, -0.1) is 0 Å². The normalized spacial score (nSPS) is 15.5. The summed E-state index contributed by atoms with van der Waals surface area (Å²) in [6.45, 7) is 0. The molecule has 0 radical (unpaired) electrons. The van der Waals surface area contributed by atoms with Crippen LogP contribution >= 0.6 is 0 Å². The number of halogens is 1. The van der Waals surface area contributed by atoms with Crippen molar-refractivity contribution in [3.63, 3.8) is 0 Å². The molecule has 2 aromatic rings. The van der Waals surface area contributed by atoms with Crippen LogP contribution in [-0.2, 0) is 0 Å². The van der Waals surface area contributed by atoms with Crippen LogP contribution in [0.2, 0.25) is 0 Å². The molecule has 3 rings (SSSR count). The van der Waals surface area contributed by atoms with E-state index in [2.05, 4.69) is 20.2 Å². The maximum atomic E-state index is 13.3. The smallest absolute Gasteiger partial charge is 0.184 e. The summed E-state index contributed by atoms with van der Waals surface area (Å²) in [5.41, 5.74) is 0.396. The molecule has 1 N–H and O–H groups in total. The molecule has 4 nitrogen and oxygen atoms in total. The predicted molar refractivity (Wildman–Crippen MR) is 51.5 cm³/mol. The molecule has 15 heavy (non-hydrogen) atoms. The Kier molecular flexibility index (Phi) is 1.77. The lowest BCUT2D eigenvalue weighted by molar-refractivity contribution is 0.623. The Bertz CT molecular complexity index is 490. The van der Waals surface area contributed by atoms with Crippen molar-refractivity contribution in [2.45, 2.75) is 18.8 Å². The quantitative estimate of drug-likeness (QED) is 0.812. The molecule has 0 bridgehead atoms. The molecule has 2 heterocycles. The first-order valence-electron chi connectivity index (χ1n) is 4.87. The van der Waals surface area contributed by atoms with E-state index in [0.717, 1.165) is 18.7 Å². The Balaban J connectivity index is 2.01. The highest BCUT2D eigenvalue weighted by Gasteiger charge is 2.27. The number of aromatic amines is 1. The summed E-state index contributed by atoms with van der Waals surface area (Å²) < 4.78 is 13.3. The van der Waals surface area contributed by atoms with Crippen LogP contribution in [0, 0.1) is 5.82 Å². The average molecular weight is 204 g/mol. The molecule has 76 valence electrons. The number of H-pyrrole nitrogens is 1. The first-order valence-corrected chi connectivity index (χ1v) is 4.87. The number of pyridine rings is 1. The van der Waals surface area contributed by atoms with Gasteiger partial charge in [-0.2, -0.15) is 5.10 Å². The number of rotatable bonds is 2. The molecule has 0 aliphatic heterocycles. The van der Waals surface area contributed by atoms with Crippen molar-refractivity contribution in [3.05, 3.63) is 30.1 Å². The Morgan fingerprint density at radius 3 is 3.00 bits per heavy atom. The Labute approximate surface area is 85.6 Å². The molecule has 1 aliphatic rings. The molecule has 2 aromatic heterocycles. The third kappa shape index (κ3) is 1.49. The van der Waals surface area contributed by atoms with Gasteiger partial charge in [0.05, 0.1) is 11.8 Å². The average Bonchev–Trinajstić information content (AvgIpc) is 2.99. The number of hydrogen-bond donors (Lipinski definition) is 1. The van der Waals surface area contributed by atoms with Gasteiger partial charge in [0, 0.05) is 12.1 Å². The van der Waals surface area contributed by atoms with Crippen molar-refractivity contribution in [1.29, 1.82) is 0 Å². The van der Waals surface area contributed by atoms with E-state index >= 15 is 0 Å². The summed E-state index contributed by atoms with van der Waals surface area (Å²) in [5.74, 6) is 1.38. The van der Waals surface area contributed by atoms with Crippen LogP contribution in [0.4, 0.5) is 4.39 Å². The van der Waals surface area contributed by atoms with Gasteiger partial charge < -0.3 is 0 Å². The number of nitrogens with one attached hydrogen (secondary N) is 1. The van der Waals surface area contributed by atoms with Gasteiger partial charge in [-0.05, 0) is 18.9 Å². The molecule has 0 amide bonds. The molecular weight excluding hydrogens is 195 g/mol. The zero-order valence-electron chi connectivity index (χ0n) is 7.94. The second-order valence-corrected chi connectivity index (χ2v) is 3.67. The summed E-state index contributed by atoms with van der Waals surface area (Å²) >= 11 is 0. The van der Waals surface area contributed by atoms with Crippen molar-refractivity contribution in [1.82, 2.24) is 20.2 Å². The third-order valence-corrected chi connectivity index (χ3v) is 2.48. The molecule has 0 saturated heterocycles. The van der Waals surface area contributed by atoms with Crippen LogP contribution in [0.5, 0.6) is 0 Å². The van der Waals surface area contributed by atoms with Gasteiger partial charge in [-0.1, -0.05) is 0 Å². The largest absolute Gasteiger partial charge is 0.262 e. The first-order chi connectivity index (χ1) is 7.34. The number of hydrogen-bond acceptors (Lipinski definition) is 3. The molecular formula is C10H9FN4. The van der Waals surface area contributed by atoms with Crippen LogP contribution in [0.1, 0.15) is 24.6 Å². The topological polar surface area (TPSA) is 54.5 Å². The van der Waals surface area contributed by atoms with Crippen LogP contribution in [0.15, 0.2) is 18.5 Å². The maximum absolute atomic E-state index is 13.3. The minimum atomic E-state index is -0.390. The standard InChI is InChI=1S/C10H9FN4/c11-8-5-12-4-3-7(8)10-13-9(14-15-10)6-1-2-6/h3-6H,1-2H2,(H,13,14,15). The zero-order valence-corrected chi connectivity index (χ0v) is 7.94. The highest BCUT2D eigenvalue weighted by molar-refractivity contribution is 5.54. The van der Waals surface area contributed by atoms with Crippen LogP contribution in [0.25, 0.3) is 11.4 Å². The number of aromatic nitrogens is 4. The van der Waals surface area contributed by atoms with E-state index in [1.54, 1.807) is 6.07 Å². The van der Waals surface area contributed by atoms with Gasteiger partial charge in [0.2, 0.25) is 0 Å². The van der Waals surface area contributed by atoms with E-state index in [1.165, 1.54) is 12.4 Å². The van der Waals surface area contributed by atoms with E-state index < -0.39 is 0 Å². The van der Waals surface area contributed by atoms with Crippen molar-refractivity contribution in [2.75, 3.05) is 0 Å². The van der Waals surface area contributed by atoms with Crippen LogP contribution < -0.4 is 0 Å². The molecule has 1 saturated carbocycles. The Hall–Kier alpha value is -1.78. The van der Waals surface area contributed by atoms with Gasteiger partial charge in [0.1, 0.15) is 5.82 Å². The van der Waals surface area contributed by atoms with Crippen LogP contribution in [-0.4, -0.2) is 20.2 Å². The van der Waals surface area contributed by atoms with E-state index in [1.807, 2.05) is 0 Å². The Morgan fingerprint density at radius 1 is 1.40 bits per heavy atom. The zero-order chi connectivity index (χ0) is 10.3. The lowest BCUT2D eigenvalue weighted by Crippen LogP contribution is -1.87. The first kappa shape index (κ1) is 8.52. The second kappa shape index (κ2) is 3.12. The fourth-order valence-electron chi connectivity index (χ4n) is 1.49. The van der Waals surface area contributed by atoms with Crippen molar-refractivity contribution in [3.8, 4) is 11.4 Å². The summed E-state index contributed by atoms with van der Waals surface area (Å²) in [6, 6.07) is 1.58. The predicted octanol–water partition coefficient (Wildman–Crippen LogP) is 1.88. The lowest BCUT2D eigenvalue weighted by Gasteiger charge is -1.94. The second-order valence-electron chi connectivity index (χ2n) is 3.67. The number of nitrogens with zero attached hydrogens (tertiary/aromatic N) is 3. The van der Waals surface area contributed by atoms with Gasteiger partial charge in [-0.3, -0.25) is 10.1 Å². The van der Waals surface area contributed by atoms with Gasteiger partial charge >= 0.3 is 0 Å². The molecule has 0 atom stereocenters. The summed E-state index contributed by atoms with van der Waals surface area (Å²) in [5, 5.41) is 6.85. The monoisotopic (exact) mass is 204 g/mol. The van der Waals surface area contributed by atoms with Gasteiger partial charge in [0.25, 0.3) is 0 Å². The SMILES string of the molecule is Fc1cnccc1-c1n[nH]c(C2CC2)n1. The van der Waals surface area contributed by atoms with Crippen LogP contribution in [0.3, 0.4) is 0 Å². The van der Waals surface area contributed by atoms with E-state index in [4.69, 9.17) is 0 Å². The molecule has 0 unspecified atom stereocenters. The molecule has 0 spiro atoms. The Morgan fingerprint density at radius 2 is 2.27 bits per heavy atom. The fraction of sp³-hybridized carbons (Fsp3) is 0.300. The van der Waals surface area contributed by atoms with Gasteiger partial charge in [-0.25, -0.2) is 9.37 Å². The van der Waals surface area contributed by atoms with E-state index in [-0.39, 0.29) is 5.82 Å².